The number of hydrogen-bond donors (Lipinski definition) is 0. The molecule has 0 bridgehead atoms. The maximum atomic E-state index is 11.9. The van der Waals surface area contributed by atoms with Crippen LogP contribution in [0.2, 0.25) is 5.02 Å². The molecule has 0 amide bonds. The van der Waals surface area contributed by atoms with Gasteiger partial charge in [0, 0.05) is 16.8 Å². The van der Waals surface area contributed by atoms with Gasteiger partial charge in [-0.05, 0) is 35.7 Å². The fraction of sp³-hybridized carbons (Fsp3) is 0.0625. The lowest BCUT2D eigenvalue weighted by atomic mass is 10.1. The van der Waals surface area contributed by atoms with Crippen molar-refractivity contribution in [2.45, 2.75) is 4.90 Å². The van der Waals surface area contributed by atoms with E-state index in [1.54, 1.807) is 24.3 Å². The Labute approximate surface area is 138 Å². The van der Waals surface area contributed by atoms with E-state index in [2.05, 4.69) is 4.98 Å². The predicted octanol–water partition coefficient (Wildman–Crippen LogP) is 4.53. The minimum absolute atomic E-state index is 0.260. The number of sulfone groups is 1. The summed E-state index contributed by atoms with van der Waals surface area (Å²) in [6.45, 7) is 0. The third kappa shape index (κ3) is 3.21. The van der Waals surface area contributed by atoms with E-state index in [0.29, 0.717) is 16.4 Å². The Balaban J connectivity index is 2.21. The molecule has 112 valence electrons. The largest absolute Gasteiger partial charge is 0.247 e. The van der Waals surface area contributed by atoms with Gasteiger partial charge in [-0.15, -0.1) is 11.3 Å². The van der Waals surface area contributed by atoms with Crippen molar-refractivity contribution in [3.63, 3.8) is 0 Å². The lowest BCUT2D eigenvalue weighted by Gasteiger charge is -2.07. The average molecular weight is 350 g/mol. The van der Waals surface area contributed by atoms with Crippen LogP contribution >= 0.6 is 22.9 Å². The number of thiophene rings is 1. The molecule has 2 heterocycles. The smallest absolute Gasteiger partial charge is 0.175 e. The van der Waals surface area contributed by atoms with Crippen LogP contribution in [0.3, 0.4) is 0 Å². The number of hydrogen-bond acceptors (Lipinski definition) is 4. The summed E-state index contributed by atoms with van der Waals surface area (Å²) in [6.07, 6.45) is 1.20. The zero-order valence-electron chi connectivity index (χ0n) is 11.7. The fourth-order valence-corrected chi connectivity index (χ4v) is 3.50. The van der Waals surface area contributed by atoms with Crippen LogP contribution < -0.4 is 0 Å². The van der Waals surface area contributed by atoms with Gasteiger partial charge in [-0.25, -0.2) is 13.4 Å². The van der Waals surface area contributed by atoms with Gasteiger partial charge < -0.3 is 0 Å². The molecule has 0 aliphatic carbocycles. The first kappa shape index (κ1) is 15.2. The highest BCUT2D eigenvalue weighted by molar-refractivity contribution is 7.90. The summed E-state index contributed by atoms with van der Waals surface area (Å²) in [5.74, 6) is 0. The number of pyridine rings is 1. The molecule has 0 saturated carbocycles. The number of benzene rings is 1. The second kappa shape index (κ2) is 5.83. The summed E-state index contributed by atoms with van der Waals surface area (Å²) in [5, 5.41) is 2.56. The van der Waals surface area contributed by atoms with Gasteiger partial charge in [-0.3, -0.25) is 0 Å². The Morgan fingerprint density at radius 3 is 2.32 bits per heavy atom. The van der Waals surface area contributed by atoms with Crippen molar-refractivity contribution in [3.8, 4) is 21.8 Å². The molecule has 3 rings (SSSR count). The second-order valence-corrected chi connectivity index (χ2v) is 8.23. The molecule has 0 spiro atoms. The van der Waals surface area contributed by atoms with Crippen molar-refractivity contribution in [2.75, 3.05) is 6.26 Å². The molecule has 0 aliphatic rings. The van der Waals surface area contributed by atoms with Crippen molar-refractivity contribution >= 4 is 32.8 Å². The van der Waals surface area contributed by atoms with E-state index in [4.69, 9.17) is 11.6 Å². The van der Waals surface area contributed by atoms with Crippen molar-refractivity contribution in [1.82, 2.24) is 4.98 Å². The van der Waals surface area contributed by atoms with Crippen LogP contribution in [0.4, 0.5) is 0 Å². The monoisotopic (exact) mass is 349 g/mol. The molecule has 0 N–H and O–H groups in total. The van der Waals surface area contributed by atoms with Crippen LogP contribution in [0.15, 0.2) is 58.8 Å². The zero-order chi connectivity index (χ0) is 15.7. The molecule has 0 saturated heterocycles. The maximum Gasteiger partial charge on any atom is 0.175 e. The first-order valence-corrected chi connectivity index (χ1v) is 9.60. The highest BCUT2D eigenvalue weighted by Crippen LogP contribution is 2.29. The first-order valence-electron chi connectivity index (χ1n) is 6.45. The van der Waals surface area contributed by atoms with E-state index in [9.17, 15) is 8.42 Å². The standard InChI is InChI=1S/C16H12ClNO2S2/c1-22(19,20)13-9-14(11-4-6-12(17)7-5-11)18-15(10-13)16-3-2-8-21-16/h2-10H,1H3. The molecule has 0 aliphatic heterocycles. The highest BCUT2D eigenvalue weighted by atomic mass is 35.5. The van der Waals surface area contributed by atoms with Crippen LogP contribution in [-0.4, -0.2) is 19.7 Å². The number of aromatic nitrogens is 1. The molecule has 6 heteroatoms. The van der Waals surface area contributed by atoms with Crippen molar-refractivity contribution in [3.05, 3.63) is 58.9 Å². The van der Waals surface area contributed by atoms with Gasteiger partial charge in [0.05, 0.1) is 21.2 Å². The minimum Gasteiger partial charge on any atom is -0.247 e. The van der Waals surface area contributed by atoms with Gasteiger partial charge in [0.15, 0.2) is 9.84 Å². The SMILES string of the molecule is CS(=O)(=O)c1cc(-c2ccc(Cl)cc2)nc(-c2cccs2)c1. The zero-order valence-corrected chi connectivity index (χ0v) is 14.0. The molecular weight excluding hydrogens is 338 g/mol. The van der Waals surface area contributed by atoms with Crippen LogP contribution in [0.5, 0.6) is 0 Å². The van der Waals surface area contributed by atoms with Crippen LogP contribution in [-0.2, 0) is 9.84 Å². The van der Waals surface area contributed by atoms with Crippen molar-refractivity contribution in [2.24, 2.45) is 0 Å². The number of halogens is 1. The Morgan fingerprint density at radius 1 is 1.05 bits per heavy atom. The van der Waals surface area contributed by atoms with Gasteiger partial charge >= 0.3 is 0 Å². The van der Waals surface area contributed by atoms with Crippen molar-refractivity contribution < 1.29 is 8.42 Å². The summed E-state index contributed by atoms with van der Waals surface area (Å²) in [7, 11) is -3.32. The van der Waals surface area contributed by atoms with Crippen LogP contribution in [0.25, 0.3) is 21.8 Å². The third-order valence-electron chi connectivity index (χ3n) is 3.14. The summed E-state index contributed by atoms with van der Waals surface area (Å²) in [4.78, 5) is 5.78. The molecule has 3 nitrogen and oxygen atoms in total. The Kier molecular flexibility index (Phi) is 4.04. The topological polar surface area (TPSA) is 47.0 Å². The van der Waals surface area contributed by atoms with E-state index >= 15 is 0 Å². The Morgan fingerprint density at radius 2 is 1.73 bits per heavy atom. The quantitative estimate of drug-likeness (QED) is 0.697. The van der Waals surface area contributed by atoms with Gasteiger partial charge in [-0.1, -0.05) is 29.8 Å². The molecule has 0 atom stereocenters. The molecule has 0 radical (unpaired) electrons. The van der Waals surface area contributed by atoms with Gasteiger partial charge in [-0.2, -0.15) is 0 Å². The normalized spacial score (nSPS) is 11.5. The predicted molar refractivity (Wildman–Crippen MR) is 91.1 cm³/mol. The molecule has 1 aromatic carbocycles. The van der Waals surface area contributed by atoms with E-state index in [-0.39, 0.29) is 4.90 Å². The fourth-order valence-electron chi connectivity index (χ4n) is 2.04. The second-order valence-electron chi connectivity index (χ2n) is 4.83. The van der Waals surface area contributed by atoms with Gasteiger partial charge in [0.1, 0.15) is 0 Å². The Bertz CT molecular complexity index is 902. The van der Waals surface area contributed by atoms with Crippen LogP contribution in [0.1, 0.15) is 0 Å². The lowest BCUT2D eigenvalue weighted by Crippen LogP contribution is -2.00. The molecular formula is C16H12ClNO2S2. The molecule has 2 aromatic heterocycles. The number of rotatable bonds is 3. The van der Waals surface area contributed by atoms with E-state index in [1.807, 2.05) is 29.6 Å². The maximum absolute atomic E-state index is 11.9. The van der Waals surface area contributed by atoms with Crippen molar-refractivity contribution in [1.29, 1.82) is 0 Å². The molecule has 0 unspecified atom stereocenters. The first-order chi connectivity index (χ1) is 10.4. The van der Waals surface area contributed by atoms with Gasteiger partial charge in [0.25, 0.3) is 0 Å². The molecule has 3 aromatic rings. The summed E-state index contributed by atoms with van der Waals surface area (Å²) in [5.41, 5.74) is 2.10. The van der Waals surface area contributed by atoms with E-state index in [1.165, 1.54) is 17.6 Å². The minimum atomic E-state index is -3.32. The lowest BCUT2D eigenvalue weighted by molar-refractivity contribution is 0.602. The molecule has 0 fully saturated rings. The van der Waals surface area contributed by atoms with E-state index in [0.717, 1.165) is 10.4 Å². The summed E-state index contributed by atoms with van der Waals surface area (Å²) in [6, 6.07) is 14.2. The number of nitrogens with zero attached hydrogens (tertiary/aromatic N) is 1. The molecule has 22 heavy (non-hydrogen) atoms. The average Bonchev–Trinajstić information content (AvgIpc) is 3.01. The summed E-state index contributed by atoms with van der Waals surface area (Å²) >= 11 is 7.42. The van der Waals surface area contributed by atoms with Crippen LogP contribution in [0, 0.1) is 0 Å². The Hall–Kier alpha value is -1.69. The summed E-state index contributed by atoms with van der Waals surface area (Å²) < 4.78 is 23.9. The van der Waals surface area contributed by atoms with E-state index < -0.39 is 9.84 Å². The third-order valence-corrected chi connectivity index (χ3v) is 5.38. The highest BCUT2D eigenvalue weighted by Gasteiger charge is 2.14. The van der Waals surface area contributed by atoms with Gasteiger partial charge in [0.2, 0.25) is 0 Å².